The first kappa shape index (κ1) is 13.6. The Hall–Kier alpha value is -2.40. The van der Waals surface area contributed by atoms with Gasteiger partial charge in [0.25, 0.3) is 0 Å². The van der Waals surface area contributed by atoms with Gasteiger partial charge in [-0.25, -0.2) is 4.39 Å². The Kier molecular flexibility index (Phi) is 3.83. The number of hydrogen-bond donors (Lipinski definition) is 1. The number of rotatable bonds is 5. The lowest BCUT2D eigenvalue weighted by Crippen LogP contribution is -2.11. The van der Waals surface area contributed by atoms with E-state index in [1.165, 1.54) is 12.1 Å². The number of hydrogen-bond acceptors (Lipinski definition) is 3. The lowest BCUT2D eigenvalue weighted by atomic mass is 10.2. The predicted molar refractivity (Wildman–Crippen MR) is 77.9 cm³/mol. The molecule has 0 atom stereocenters. The van der Waals surface area contributed by atoms with E-state index in [1.807, 2.05) is 31.6 Å². The van der Waals surface area contributed by atoms with Crippen molar-refractivity contribution in [2.24, 2.45) is 7.05 Å². The highest BCUT2D eigenvalue weighted by Crippen LogP contribution is 2.22. The van der Waals surface area contributed by atoms with Crippen LogP contribution < -0.4 is 5.32 Å². The first-order chi connectivity index (χ1) is 10.2. The van der Waals surface area contributed by atoms with Crippen LogP contribution in [0.4, 0.5) is 4.39 Å². The van der Waals surface area contributed by atoms with Crippen molar-refractivity contribution >= 4 is 0 Å². The molecule has 0 saturated carbocycles. The molecule has 0 amide bonds. The Labute approximate surface area is 122 Å². The average Bonchev–Trinajstić information content (AvgIpc) is 3.09. The first-order valence-corrected chi connectivity index (χ1v) is 6.73. The molecule has 0 saturated heterocycles. The molecule has 2 heterocycles. The van der Waals surface area contributed by atoms with Crippen molar-refractivity contribution in [3.63, 3.8) is 0 Å². The van der Waals surface area contributed by atoms with E-state index < -0.39 is 0 Å². The van der Waals surface area contributed by atoms with Crippen LogP contribution in [0.3, 0.4) is 0 Å². The van der Waals surface area contributed by atoms with Crippen molar-refractivity contribution in [1.29, 1.82) is 0 Å². The molecule has 0 bridgehead atoms. The van der Waals surface area contributed by atoms with E-state index in [1.54, 1.807) is 16.8 Å². The summed E-state index contributed by atoms with van der Waals surface area (Å²) >= 11 is 0. The van der Waals surface area contributed by atoms with Gasteiger partial charge in [-0.3, -0.25) is 4.68 Å². The minimum absolute atomic E-state index is 0.247. The van der Waals surface area contributed by atoms with E-state index in [0.29, 0.717) is 6.54 Å². The first-order valence-electron chi connectivity index (χ1n) is 6.73. The molecule has 0 spiro atoms. The molecular weight excluding hydrogens is 269 g/mol. The van der Waals surface area contributed by atoms with Gasteiger partial charge < -0.3 is 9.73 Å². The molecule has 0 aliphatic rings. The fourth-order valence-corrected chi connectivity index (χ4v) is 2.14. The SMILES string of the molecule is Cn1cc(CNCc2ccc(-c3ccc(F)cc3)o2)cn1. The summed E-state index contributed by atoms with van der Waals surface area (Å²) in [6.45, 7) is 1.37. The van der Waals surface area contributed by atoms with Gasteiger partial charge in [-0.2, -0.15) is 5.10 Å². The normalized spacial score (nSPS) is 11.0. The van der Waals surface area contributed by atoms with Crippen LogP contribution in [0, 0.1) is 5.82 Å². The zero-order valence-corrected chi connectivity index (χ0v) is 11.7. The zero-order valence-electron chi connectivity index (χ0n) is 11.7. The summed E-state index contributed by atoms with van der Waals surface area (Å²) in [6.07, 6.45) is 3.80. The third-order valence-electron chi connectivity index (χ3n) is 3.18. The van der Waals surface area contributed by atoms with Gasteiger partial charge in [0.05, 0.1) is 12.7 Å². The molecule has 1 N–H and O–H groups in total. The maximum absolute atomic E-state index is 12.9. The molecule has 1 aromatic carbocycles. The lowest BCUT2D eigenvalue weighted by Gasteiger charge is -2.00. The molecule has 3 rings (SSSR count). The van der Waals surface area contributed by atoms with Crippen LogP contribution in [0.5, 0.6) is 0 Å². The fraction of sp³-hybridized carbons (Fsp3) is 0.188. The monoisotopic (exact) mass is 285 g/mol. The molecule has 108 valence electrons. The molecule has 2 aromatic heterocycles. The number of benzene rings is 1. The predicted octanol–water partition coefficient (Wildman–Crippen LogP) is 3.11. The highest BCUT2D eigenvalue weighted by Gasteiger charge is 2.05. The van der Waals surface area contributed by atoms with Crippen LogP contribution >= 0.6 is 0 Å². The van der Waals surface area contributed by atoms with E-state index in [-0.39, 0.29) is 5.82 Å². The molecule has 0 fully saturated rings. The smallest absolute Gasteiger partial charge is 0.134 e. The van der Waals surface area contributed by atoms with Crippen molar-refractivity contribution in [3.05, 3.63) is 65.9 Å². The van der Waals surface area contributed by atoms with Crippen LogP contribution in [-0.2, 0) is 20.1 Å². The Morgan fingerprint density at radius 3 is 2.67 bits per heavy atom. The molecule has 3 aromatic rings. The third kappa shape index (κ3) is 3.38. The van der Waals surface area contributed by atoms with Crippen LogP contribution in [0.2, 0.25) is 0 Å². The topological polar surface area (TPSA) is 43.0 Å². The zero-order chi connectivity index (χ0) is 14.7. The van der Waals surface area contributed by atoms with Crippen molar-refractivity contribution in [3.8, 4) is 11.3 Å². The largest absolute Gasteiger partial charge is 0.460 e. The Balaban J connectivity index is 1.59. The molecule has 21 heavy (non-hydrogen) atoms. The summed E-state index contributed by atoms with van der Waals surface area (Å²) in [5.74, 6) is 1.34. The van der Waals surface area contributed by atoms with Gasteiger partial charge in [-0.15, -0.1) is 0 Å². The summed E-state index contributed by atoms with van der Waals surface area (Å²) < 4.78 is 20.4. The highest BCUT2D eigenvalue weighted by molar-refractivity contribution is 5.57. The van der Waals surface area contributed by atoms with E-state index >= 15 is 0 Å². The van der Waals surface area contributed by atoms with Gasteiger partial charge in [0.1, 0.15) is 17.3 Å². The van der Waals surface area contributed by atoms with Crippen molar-refractivity contribution in [1.82, 2.24) is 15.1 Å². The number of aryl methyl sites for hydroxylation is 1. The minimum atomic E-state index is -0.247. The van der Waals surface area contributed by atoms with Gasteiger partial charge >= 0.3 is 0 Å². The van der Waals surface area contributed by atoms with Gasteiger partial charge in [0, 0.05) is 30.9 Å². The number of nitrogens with zero attached hydrogens (tertiary/aromatic N) is 2. The van der Waals surface area contributed by atoms with Crippen LogP contribution in [0.25, 0.3) is 11.3 Å². The van der Waals surface area contributed by atoms with E-state index in [9.17, 15) is 4.39 Å². The van der Waals surface area contributed by atoms with Gasteiger partial charge in [0.2, 0.25) is 0 Å². The van der Waals surface area contributed by atoms with Gasteiger partial charge in [-0.05, 0) is 36.4 Å². The third-order valence-corrected chi connectivity index (χ3v) is 3.18. The van der Waals surface area contributed by atoms with Gasteiger partial charge in [-0.1, -0.05) is 0 Å². The molecule has 0 aliphatic carbocycles. The summed E-state index contributed by atoms with van der Waals surface area (Å²) in [7, 11) is 1.89. The number of aromatic nitrogens is 2. The van der Waals surface area contributed by atoms with Crippen LogP contribution in [-0.4, -0.2) is 9.78 Å². The summed E-state index contributed by atoms with van der Waals surface area (Å²) in [6, 6.07) is 10.1. The van der Waals surface area contributed by atoms with Crippen LogP contribution in [0.1, 0.15) is 11.3 Å². The number of nitrogens with one attached hydrogen (secondary N) is 1. The van der Waals surface area contributed by atoms with Crippen molar-refractivity contribution in [2.75, 3.05) is 0 Å². The second-order valence-electron chi connectivity index (χ2n) is 4.90. The lowest BCUT2D eigenvalue weighted by molar-refractivity contribution is 0.493. The quantitative estimate of drug-likeness (QED) is 0.783. The Morgan fingerprint density at radius 2 is 1.95 bits per heavy atom. The highest BCUT2D eigenvalue weighted by atomic mass is 19.1. The van der Waals surface area contributed by atoms with E-state index in [2.05, 4.69) is 10.4 Å². The van der Waals surface area contributed by atoms with E-state index in [0.717, 1.165) is 29.2 Å². The summed E-state index contributed by atoms with van der Waals surface area (Å²) in [5, 5.41) is 7.41. The molecular formula is C16H16FN3O. The van der Waals surface area contributed by atoms with Crippen LogP contribution in [0.15, 0.2) is 53.2 Å². The van der Waals surface area contributed by atoms with Gasteiger partial charge in [0.15, 0.2) is 0 Å². The van der Waals surface area contributed by atoms with E-state index in [4.69, 9.17) is 4.42 Å². The standard InChI is InChI=1S/C16H16FN3O/c1-20-11-12(9-19-20)8-18-10-15-6-7-16(21-15)13-2-4-14(17)5-3-13/h2-7,9,11,18H,8,10H2,1H3. The second kappa shape index (κ2) is 5.93. The Bertz CT molecular complexity index is 715. The van der Waals surface area contributed by atoms with Crippen molar-refractivity contribution < 1.29 is 8.81 Å². The molecule has 0 radical (unpaired) electrons. The maximum atomic E-state index is 12.9. The molecule has 0 unspecified atom stereocenters. The maximum Gasteiger partial charge on any atom is 0.134 e. The molecule has 4 nitrogen and oxygen atoms in total. The average molecular weight is 285 g/mol. The Morgan fingerprint density at radius 1 is 1.14 bits per heavy atom. The summed E-state index contributed by atoms with van der Waals surface area (Å²) in [4.78, 5) is 0. The number of furan rings is 1. The molecule has 5 heteroatoms. The number of halogens is 1. The summed E-state index contributed by atoms with van der Waals surface area (Å²) in [5.41, 5.74) is 2.00. The minimum Gasteiger partial charge on any atom is -0.460 e. The van der Waals surface area contributed by atoms with Crippen molar-refractivity contribution in [2.45, 2.75) is 13.1 Å². The molecule has 0 aliphatic heterocycles. The fourth-order valence-electron chi connectivity index (χ4n) is 2.14. The second-order valence-corrected chi connectivity index (χ2v) is 4.90.